The van der Waals surface area contributed by atoms with Gasteiger partial charge < -0.3 is 9.67 Å². The van der Waals surface area contributed by atoms with Crippen LogP contribution in [-0.4, -0.2) is 25.2 Å². The molecule has 0 aliphatic carbocycles. The van der Waals surface area contributed by atoms with Crippen molar-refractivity contribution in [1.82, 2.24) is 14.3 Å². The fraction of sp³-hybridized carbons (Fsp3) is 0.238. The third-order valence-electron chi connectivity index (χ3n) is 4.40. The van der Waals surface area contributed by atoms with Crippen molar-refractivity contribution in [3.63, 3.8) is 0 Å². The van der Waals surface area contributed by atoms with Crippen molar-refractivity contribution in [1.29, 1.82) is 0 Å². The monoisotopic (exact) mass is 349 g/mol. The van der Waals surface area contributed by atoms with Crippen LogP contribution in [0.1, 0.15) is 47.2 Å². The van der Waals surface area contributed by atoms with Crippen molar-refractivity contribution in [3.05, 3.63) is 71.2 Å². The molecule has 5 heteroatoms. The minimum Gasteiger partial charge on any atom is -0.508 e. The van der Waals surface area contributed by atoms with Crippen LogP contribution in [0.4, 0.5) is 0 Å². The Balaban J connectivity index is 1.92. The van der Waals surface area contributed by atoms with Crippen LogP contribution in [0.2, 0.25) is 0 Å². The van der Waals surface area contributed by atoms with Crippen LogP contribution in [0.15, 0.2) is 48.7 Å². The Morgan fingerprint density at radius 3 is 2.50 bits per heavy atom. The normalized spacial score (nSPS) is 11.6. The van der Waals surface area contributed by atoms with Crippen molar-refractivity contribution in [2.24, 2.45) is 0 Å². The maximum absolute atomic E-state index is 12.3. The van der Waals surface area contributed by atoms with E-state index in [1.165, 1.54) is 12.1 Å². The molecule has 0 radical (unpaired) electrons. The molecule has 0 saturated carbocycles. The molecule has 2 aromatic heterocycles. The molecule has 0 spiro atoms. The van der Waals surface area contributed by atoms with E-state index in [-0.39, 0.29) is 17.6 Å². The minimum absolute atomic E-state index is 0.0953. The predicted octanol–water partition coefficient (Wildman–Crippen LogP) is 4.47. The molecule has 0 aliphatic rings. The number of carbonyl (C=O) groups is 1. The van der Waals surface area contributed by atoms with Crippen LogP contribution >= 0.6 is 0 Å². The van der Waals surface area contributed by atoms with Gasteiger partial charge in [0.25, 0.3) is 0 Å². The Kier molecular flexibility index (Phi) is 4.80. The highest BCUT2D eigenvalue weighted by atomic mass is 16.3. The van der Waals surface area contributed by atoms with E-state index in [0.29, 0.717) is 5.56 Å². The maximum Gasteiger partial charge on any atom is 0.185 e. The molecule has 5 nitrogen and oxygen atoms in total. The lowest BCUT2D eigenvalue weighted by Crippen LogP contribution is -2.11. The minimum atomic E-state index is -0.0953. The van der Waals surface area contributed by atoms with Gasteiger partial charge >= 0.3 is 0 Å². The quantitative estimate of drug-likeness (QED) is 0.546. The Morgan fingerprint density at radius 2 is 1.85 bits per heavy atom. The summed E-state index contributed by atoms with van der Waals surface area (Å²) in [7, 11) is 0. The largest absolute Gasteiger partial charge is 0.508 e. The second-order valence-corrected chi connectivity index (χ2v) is 6.63. The first-order valence-electron chi connectivity index (χ1n) is 8.62. The summed E-state index contributed by atoms with van der Waals surface area (Å²) >= 11 is 0. The summed E-state index contributed by atoms with van der Waals surface area (Å²) in [6, 6.07) is 10.6. The summed E-state index contributed by atoms with van der Waals surface area (Å²) in [6.07, 6.45) is 5.21. The highest BCUT2D eigenvalue weighted by molar-refractivity contribution is 6.06. The highest BCUT2D eigenvalue weighted by Crippen LogP contribution is 2.23. The van der Waals surface area contributed by atoms with Gasteiger partial charge in [0.05, 0.1) is 6.20 Å². The number of hydrogen-bond donors (Lipinski definition) is 1. The predicted molar refractivity (Wildman–Crippen MR) is 103 cm³/mol. The summed E-state index contributed by atoms with van der Waals surface area (Å²) < 4.78 is 4.13. The fourth-order valence-corrected chi connectivity index (χ4v) is 3.08. The molecule has 0 unspecified atom stereocenters. The molecular weight excluding hydrogens is 326 g/mol. The smallest absolute Gasteiger partial charge is 0.185 e. The molecule has 0 saturated heterocycles. The van der Waals surface area contributed by atoms with E-state index < -0.39 is 0 Å². The number of phenols is 1. The zero-order valence-corrected chi connectivity index (χ0v) is 15.5. The Hall–Kier alpha value is -3.08. The Labute approximate surface area is 153 Å². The first-order chi connectivity index (χ1) is 12.4. The lowest BCUT2D eigenvalue weighted by molar-refractivity contribution is 0.104. The van der Waals surface area contributed by atoms with Crippen LogP contribution in [0.3, 0.4) is 0 Å². The highest BCUT2D eigenvalue weighted by Gasteiger charge is 2.14. The number of rotatable bonds is 5. The summed E-state index contributed by atoms with van der Waals surface area (Å²) in [4.78, 5) is 12.3. The Bertz CT molecular complexity index is 960. The van der Waals surface area contributed by atoms with Crippen molar-refractivity contribution < 1.29 is 9.90 Å². The number of hydrogen-bond acceptors (Lipinski definition) is 3. The lowest BCUT2D eigenvalue weighted by Gasteiger charge is -2.15. The number of aryl methyl sites for hydroxylation is 1. The number of ketones is 1. The number of aromatic hydroxyl groups is 1. The average molecular weight is 349 g/mol. The van der Waals surface area contributed by atoms with E-state index in [4.69, 9.17) is 0 Å². The number of benzene rings is 1. The summed E-state index contributed by atoms with van der Waals surface area (Å²) in [5.74, 6) is 1.07. The number of aromatic nitrogens is 3. The van der Waals surface area contributed by atoms with Crippen LogP contribution in [-0.2, 0) is 0 Å². The van der Waals surface area contributed by atoms with E-state index in [1.807, 2.05) is 30.7 Å². The Morgan fingerprint density at radius 1 is 1.15 bits per heavy atom. The summed E-state index contributed by atoms with van der Waals surface area (Å²) in [5, 5.41) is 13.7. The summed E-state index contributed by atoms with van der Waals surface area (Å²) in [5.41, 5.74) is 3.68. The van der Waals surface area contributed by atoms with E-state index in [9.17, 15) is 9.90 Å². The molecule has 26 heavy (non-hydrogen) atoms. The van der Waals surface area contributed by atoms with Crippen LogP contribution in [0, 0.1) is 13.8 Å². The van der Waals surface area contributed by atoms with Crippen LogP contribution < -0.4 is 0 Å². The zero-order chi connectivity index (χ0) is 18.8. The first kappa shape index (κ1) is 17.7. The zero-order valence-electron chi connectivity index (χ0n) is 15.5. The van der Waals surface area contributed by atoms with Crippen LogP contribution in [0.5, 0.6) is 5.75 Å². The van der Waals surface area contributed by atoms with Gasteiger partial charge in [0.15, 0.2) is 5.78 Å². The van der Waals surface area contributed by atoms with Crippen molar-refractivity contribution in [3.8, 4) is 11.6 Å². The van der Waals surface area contributed by atoms with Gasteiger partial charge in [-0.25, -0.2) is 4.68 Å². The molecule has 134 valence electrons. The van der Waals surface area contributed by atoms with E-state index >= 15 is 0 Å². The third kappa shape index (κ3) is 3.33. The first-order valence-corrected chi connectivity index (χ1v) is 8.62. The SMILES string of the molecule is Cc1cc(/C=C/C(=O)c2ccc(O)cc2)c(C)n1-c1ccnn1C(C)C. The number of allylic oxidation sites excluding steroid dienone is 1. The van der Waals surface area contributed by atoms with Crippen LogP contribution in [0.25, 0.3) is 11.9 Å². The third-order valence-corrected chi connectivity index (χ3v) is 4.40. The van der Waals surface area contributed by atoms with Gasteiger partial charge in [-0.3, -0.25) is 4.79 Å². The molecule has 3 rings (SSSR count). The molecule has 1 aromatic carbocycles. The molecular formula is C21H23N3O2. The molecule has 3 aromatic rings. The van der Waals surface area contributed by atoms with Crippen molar-refractivity contribution >= 4 is 11.9 Å². The molecule has 0 bridgehead atoms. The van der Waals surface area contributed by atoms with Gasteiger partial charge in [0.2, 0.25) is 0 Å². The number of phenolic OH excluding ortho intramolecular Hbond substituents is 1. The average Bonchev–Trinajstić information content (AvgIpc) is 3.18. The molecule has 0 fully saturated rings. The van der Waals surface area contributed by atoms with Gasteiger partial charge in [0.1, 0.15) is 11.6 Å². The summed E-state index contributed by atoms with van der Waals surface area (Å²) in [6.45, 7) is 8.28. The van der Waals surface area contributed by atoms with E-state index in [2.05, 4.69) is 29.6 Å². The van der Waals surface area contributed by atoms with E-state index in [1.54, 1.807) is 24.4 Å². The van der Waals surface area contributed by atoms with E-state index in [0.717, 1.165) is 22.8 Å². The van der Waals surface area contributed by atoms with Gasteiger partial charge in [-0.15, -0.1) is 0 Å². The maximum atomic E-state index is 12.3. The van der Waals surface area contributed by atoms with Crippen molar-refractivity contribution in [2.75, 3.05) is 0 Å². The standard InChI is InChI=1S/C21H23N3O2/c1-14(2)24-21(11-12-22-24)23-15(3)13-18(16(23)4)7-10-20(26)17-5-8-19(25)9-6-17/h5-14,25H,1-4H3/b10-7+. The lowest BCUT2D eigenvalue weighted by atomic mass is 10.1. The molecule has 0 amide bonds. The molecule has 1 N–H and O–H groups in total. The van der Waals surface area contributed by atoms with Gasteiger partial charge in [-0.1, -0.05) is 0 Å². The van der Waals surface area contributed by atoms with Gasteiger partial charge in [-0.05, 0) is 75.7 Å². The number of carbonyl (C=O) groups excluding carboxylic acids is 1. The second-order valence-electron chi connectivity index (χ2n) is 6.63. The topological polar surface area (TPSA) is 60.0 Å². The molecule has 0 aliphatic heterocycles. The number of nitrogens with zero attached hydrogens (tertiary/aromatic N) is 3. The molecule has 0 atom stereocenters. The fourth-order valence-electron chi connectivity index (χ4n) is 3.08. The van der Waals surface area contributed by atoms with Crippen molar-refractivity contribution in [2.45, 2.75) is 33.7 Å². The van der Waals surface area contributed by atoms with Gasteiger partial charge in [0, 0.05) is 29.1 Å². The molecule has 2 heterocycles. The van der Waals surface area contributed by atoms with Gasteiger partial charge in [-0.2, -0.15) is 5.10 Å². The second kappa shape index (κ2) is 7.04.